The van der Waals surface area contributed by atoms with E-state index in [4.69, 9.17) is 5.11 Å². The average Bonchev–Trinajstić information content (AvgIpc) is 2.89. The Morgan fingerprint density at radius 1 is 1.53 bits per heavy atom. The maximum atomic E-state index is 11.1. The Bertz CT molecular complexity index is 457. The summed E-state index contributed by atoms with van der Waals surface area (Å²) in [6, 6.07) is 0.546. The zero-order valence-corrected chi connectivity index (χ0v) is 10.7. The number of anilines is 1. The van der Waals surface area contributed by atoms with Crippen LogP contribution in [0.5, 0.6) is 0 Å². The first-order valence-corrected chi connectivity index (χ1v) is 6.97. The molecule has 2 aliphatic rings. The van der Waals surface area contributed by atoms with Crippen LogP contribution in [0.1, 0.15) is 42.7 Å². The summed E-state index contributed by atoms with van der Waals surface area (Å²) >= 11 is 1.70. The Kier molecular flexibility index (Phi) is 2.58. The largest absolute Gasteiger partial charge is 0.481 e. The van der Waals surface area contributed by atoms with Crippen LogP contribution < -0.4 is 4.90 Å². The molecule has 2 atom stereocenters. The molecule has 17 heavy (non-hydrogen) atoms. The van der Waals surface area contributed by atoms with Gasteiger partial charge in [0.05, 0.1) is 5.69 Å². The highest BCUT2D eigenvalue weighted by molar-refractivity contribution is 7.15. The van der Waals surface area contributed by atoms with E-state index in [0.717, 1.165) is 30.2 Å². The topological polar surface area (TPSA) is 53.4 Å². The van der Waals surface area contributed by atoms with Gasteiger partial charge in [0.15, 0.2) is 5.13 Å². The molecule has 0 amide bonds. The van der Waals surface area contributed by atoms with E-state index in [-0.39, 0.29) is 5.92 Å². The molecule has 1 aliphatic heterocycles. The Morgan fingerprint density at radius 2 is 2.35 bits per heavy atom. The first-order chi connectivity index (χ1) is 8.16. The smallest absolute Gasteiger partial charge is 0.312 e. The van der Waals surface area contributed by atoms with Crippen LogP contribution in [0.25, 0.3) is 0 Å². The van der Waals surface area contributed by atoms with Crippen LogP contribution in [0.2, 0.25) is 0 Å². The molecular formula is C12H16N2O2S. The first kappa shape index (κ1) is 11.0. The van der Waals surface area contributed by atoms with Crippen molar-refractivity contribution in [1.82, 2.24) is 4.98 Å². The highest BCUT2D eigenvalue weighted by Crippen LogP contribution is 2.41. The average molecular weight is 252 g/mol. The Balaban J connectivity index is 1.90. The van der Waals surface area contributed by atoms with Crippen molar-refractivity contribution in [1.29, 1.82) is 0 Å². The highest BCUT2D eigenvalue weighted by Gasteiger charge is 2.34. The molecule has 1 aromatic rings. The molecule has 0 bridgehead atoms. The molecule has 1 aliphatic carbocycles. The van der Waals surface area contributed by atoms with Crippen LogP contribution in [-0.2, 0) is 11.2 Å². The quantitative estimate of drug-likeness (QED) is 0.877. The number of hydrogen-bond donors (Lipinski definition) is 1. The van der Waals surface area contributed by atoms with Crippen LogP contribution >= 0.6 is 11.3 Å². The number of nitrogens with zero attached hydrogens (tertiary/aromatic N) is 2. The molecule has 5 heteroatoms. The van der Waals surface area contributed by atoms with Gasteiger partial charge in [-0.05, 0) is 32.6 Å². The van der Waals surface area contributed by atoms with Gasteiger partial charge in [0, 0.05) is 17.5 Å². The molecule has 0 aromatic carbocycles. The first-order valence-electron chi connectivity index (χ1n) is 6.16. The predicted molar refractivity (Wildman–Crippen MR) is 66.9 cm³/mol. The van der Waals surface area contributed by atoms with Gasteiger partial charge in [0.25, 0.3) is 0 Å². The molecule has 1 saturated heterocycles. The van der Waals surface area contributed by atoms with E-state index in [2.05, 4.69) is 16.8 Å². The van der Waals surface area contributed by atoms with Crippen LogP contribution in [0.4, 0.5) is 5.13 Å². The van der Waals surface area contributed by atoms with Crippen molar-refractivity contribution in [3.63, 3.8) is 0 Å². The molecule has 2 heterocycles. The fourth-order valence-corrected chi connectivity index (χ4v) is 4.06. The van der Waals surface area contributed by atoms with Crippen molar-refractivity contribution >= 4 is 22.4 Å². The predicted octanol–water partition coefficient (Wildman–Crippen LogP) is 2.25. The second-order valence-corrected chi connectivity index (χ2v) is 5.98. The summed E-state index contributed by atoms with van der Waals surface area (Å²) in [5.74, 6) is -1.09. The number of carboxylic acid groups (broad SMARTS) is 1. The number of carbonyl (C=O) groups is 1. The van der Waals surface area contributed by atoms with E-state index in [1.54, 1.807) is 11.3 Å². The third kappa shape index (κ3) is 1.73. The molecule has 1 N–H and O–H groups in total. The van der Waals surface area contributed by atoms with Crippen molar-refractivity contribution in [3.8, 4) is 0 Å². The molecule has 1 fully saturated rings. The summed E-state index contributed by atoms with van der Waals surface area (Å²) in [6.07, 6.45) is 4.03. The van der Waals surface area contributed by atoms with Crippen molar-refractivity contribution in [2.24, 2.45) is 0 Å². The number of aryl methyl sites for hydroxylation is 1. The Morgan fingerprint density at radius 3 is 3.00 bits per heavy atom. The standard InChI is InChI=1S/C12H16N2O2S/c1-7-3-2-6-14(7)12-13-10-8(11(15)16)4-5-9(10)17-12/h7-8H,2-6H2,1H3,(H,15,16). The summed E-state index contributed by atoms with van der Waals surface area (Å²) in [6.45, 7) is 3.28. The molecule has 2 unspecified atom stereocenters. The van der Waals surface area contributed by atoms with Gasteiger partial charge >= 0.3 is 5.97 Å². The number of aliphatic carboxylic acids is 1. The van der Waals surface area contributed by atoms with Crippen LogP contribution in [0.15, 0.2) is 0 Å². The molecule has 92 valence electrons. The van der Waals surface area contributed by atoms with Gasteiger partial charge in [-0.25, -0.2) is 4.98 Å². The zero-order valence-electron chi connectivity index (χ0n) is 9.85. The maximum Gasteiger partial charge on any atom is 0.312 e. The second-order valence-electron chi connectivity index (χ2n) is 4.92. The van der Waals surface area contributed by atoms with E-state index in [9.17, 15) is 4.79 Å². The minimum absolute atomic E-state index is 0.368. The van der Waals surface area contributed by atoms with E-state index in [0.29, 0.717) is 6.04 Å². The summed E-state index contributed by atoms with van der Waals surface area (Å²) in [7, 11) is 0. The summed E-state index contributed by atoms with van der Waals surface area (Å²) in [4.78, 5) is 19.2. The summed E-state index contributed by atoms with van der Waals surface area (Å²) < 4.78 is 0. The molecule has 3 rings (SSSR count). The van der Waals surface area contributed by atoms with Crippen molar-refractivity contribution in [2.75, 3.05) is 11.4 Å². The maximum absolute atomic E-state index is 11.1. The normalized spacial score (nSPS) is 27.5. The molecule has 0 saturated carbocycles. The van der Waals surface area contributed by atoms with Gasteiger partial charge in [0.1, 0.15) is 5.92 Å². The SMILES string of the molecule is CC1CCCN1c1nc2c(s1)CCC2C(=O)O. The van der Waals surface area contributed by atoms with Gasteiger partial charge in [-0.2, -0.15) is 0 Å². The van der Waals surface area contributed by atoms with Crippen molar-refractivity contribution in [2.45, 2.75) is 44.6 Å². The minimum Gasteiger partial charge on any atom is -0.481 e. The fourth-order valence-electron chi connectivity index (χ4n) is 2.79. The van der Waals surface area contributed by atoms with Gasteiger partial charge in [-0.15, -0.1) is 11.3 Å². The van der Waals surface area contributed by atoms with Gasteiger partial charge in [0.2, 0.25) is 0 Å². The van der Waals surface area contributed by atoms with Gasteiger partial charge in [-0.3, -0.25) is 4.79 Å². The summed E-state index contributed by atoms with van der Waals surface area (Å²) in [5.41, 5.74) is 0.830. The van der Waals surface area contributed by atoms with Gasteiger partial charge < -0.3 is 10.0 Å². The van der Waals surface area contributed by atoms with E-state index < -0.39 is 5.97 Å². The van der Waals surface area contributed by atoms with E-state index in [1.807, 2.05) is 0 Å². The lowest BCUT2D eigenvalue weighted by atomic mass is 10.1. The molecule has 0 radical (unpaired) electrons. The number of fused-ring (bicyclic) bond motifs is 1. The molecular weight excluding hydrogens is 236 g/mol. The Hall–Kier alpha value is -1.10. The van der Waals surface area contributed by atoms with E-state index in [1.165, 1.54) is 17.7 Å². The number of aromatic nitrogens is 1. The van der Waals surface area contributed by atoms with Crippen LogP contribution in [-0.4, -0.2) is 28.6 Å². The number of carboxylic acids is 1. The third-order valence-corrected chi connectivity index (χ3v) is 4.97. The number of rotatable bonds is 2. The van der Waals surface area contributed by atoms with Crippen molar-refractivity contribution < 1.29 is 9.90 Å². The lowest BCUT2D eigenvalue weighted by molar-refractivity contribution is -0.138. The number of hydrogen-bond acceptors (Lipinski definition) is 4. The van der Waals surface area contributed by atoms with Crippen LogP contribution in [0, 0.1) is 0 Å². The lowest BCUT2D eigenvalue weighted by Gasteiger charge is -2.20. The zero-order chi connectivity index (χ0) is 12.0. The summed E-state index contributed by atoms with van der Waals surface area (Å²) in [5, 5.41) is 10.2. The molecule has 0 spiro atoms. The molecule has 4 nitrogen and oxygen atoms in total. The number of thiazole rings is 1. The third-order valence-electron chi connectivity index (χ3n) is 3.80. The minimum atomic E-state index is -0.727. The Labute approximate surface area is 104 Å². The second kappa shape index (κ2) is 3.98. The molecule has 1 aromatic heterocycles. The van der Waals surface area contributed by atoms with Crippen molar-refractivity contribution in [3.05, 3.63) is 10.6 Å². The van der Waals surface area contributed by atoms with Crippen LogP contribution in [0.3, 0.4) is 0 Å². The monoisotopic (exact) mass is 252 g/mol. The lowest BCUT2D eigenvalue weighted by Crippen LogP contribution is -2.26. The van der Waals surface area contributed by atoms with E-state index >= 15 is 0 Å². The fraction of sp³-hybridized carbons (Fsp3) is 0.667. The van der Waals surface area contributed by atoms with Gasteiger partial charge in [-0.1, -0.05) is 0 Å². The highest BCUT2D eigenvalue weighted by atomic mass is 32.1.